The predicted molar refractivity (Wildman–Crippen MR) is 65.5 cm³/mol. The van der Waals surface area contributed by atoms with Crippen LogP contribution in [0.2, 0.25) is 0 Å². The van der Waals surface area contributed by atoms with E-state index in [9.17, 15) is 4.79 Å². The lowest BCUT2D eigenvalue weighted by molar-refractivity contribution is 0.215. The molecule has 5 nitrogen and oxygen atoms in total. The molecule has 2 amide bonds. The Bertz CT molecular complexity index is 408. The number of hydrogen-bond donors (Lipinski definition) is 1. The lowest BCUT2D eigenvalue weighted by Crippen LogP contribution is -2.35. The van der Waals surface area contributed by atoms with Gasteiger partial charge in [-0.1, -0.05) is 0 Å². The predicted octanol–water partition coefficient (Wildman–Crippen LogP) is 2.16. The molecular formula is C12H16N4O. The molecule has 0 bridgehead atoms. The van der Waals surface area contributed by atoms with Gasteiger partial charge in [-0.25, -0.2) is 4.79 Å². The van der Waals surface area contributed by atoms with Crippen LogP contribution >= 0.6 is 0 Å². The van der Waals surface area contributed by atoms with Gasteiger partial charge in [-0.2, -0.15) is 5.26 Å². The number of rotatable bonds is 4. The van der Waals surface area contributed by atoms with Gasteiger partial charge in [0.25, 0.3) is 0 Å². The van der Waals surface area contributed by atoms with E-state index in [0.29, 0.717) is 25.2 Å². The number of pyridine rings is 1. The van der Waals surface area contributed by atoms with Gasteiger partial charge in [0.05, 0.1) is 24.4 Å². The Kier molecular flexibility index (Phi) is 4.95. The molecule has 0 atom stereocenters. The van der Waals surface area contributed by atoms with Crippen LogP contribution in [-0.4, -0.2) is 29.0 Å². The summed E-state index contributed by atoms with van der Waals surface area (Å²) in [6.45, 7) is 4.78. The fraction of sp³-hybridized carbons (Fsp3) is 0.417. The first-order valence-corrected chi connectivity index (χ1v) is 5.53. The third-order valence-corrected chi connectivity index (χ3v) is 2.33. The summed E-state index contributed by atoms with van der Waals surface area (Å²) in [4.78, 5) is 17.5. The third-order valence-electron chi connectivity index (χ3n) is 2.33. The van der Waals surface area contributed by atoms with Crippen LogP contribution in [0.4, 0.5) is 10.5 Å². The lowest BCUT2D eigenvalue weighted by Gasteiger charge is -2.19. The quantitative estimate of drug-likeness (QED) is 0.864. The summed E-state index contributed by atoms with van der Waals surface area (Å²) in [6.07, 6.45) is 1.96. The van der Waals surface area contributed by atoms with E-state index in [1.165, 1.54) is 0 Å². The molecule has 0 saturated heterocycles. The standard InChI is InChI=1S/C12H16N4O/c1-3-16(8-4-7-13)12(17)15-11-6-5-10(2)14-9-11/h5-6,9H,3-4,8H2,1-2H3,(H,15,17). The number of urea groups is 1. The molecule has 0 unspecified atom stereocenters. The monoisotopic (exact) mass is 232 g/mol. The van der Waals surface area contributed by atoms with Crippen molar-refractivity contribution in [3.63, 3.8) is 0 Å². The highest BCUT2D eigenvalue weighted by Gasteiger charge is 2.10. The molecule has 0 aromatic carbocycles. The second-order valence-electron chi connectivity index (χ2n) is 3.61. The Morgan fingerprint density at radius 1 is 1.59 bits per heavy atom. The molecular weight excluding hydrogens is 216 g/mol. The van der Waals surface area contributed by atoms with E-state index in [0.717, 1.165) is 5.69 Å². The van der Waals surface area contributed by atoms with Gasteiger partial charge in [0.15, 0.2) is 0 Å². The van der Waals surface area contributed by atoms with Gasteiger partial charge in [0.1, 0.15) is 0 Å². The Balaban J connectivity index is 2.58. The van der Waals surface area contributed by atoms with E-state index in [1.807, 2.05) is 26.0 Å². The number of aryl methyl sites for hydroxylation is 1. The Morgan fingerprint density at radius 3 is 2.88 bits per heavy atom. The van der Waals surface area contributed by atoms with E-state index < -0.39 is 0 Å². The minimum atomic E-state index is -0.201. The van der Waals surface area contributed by atoms with Crippen molar-refractivity contribution < 1.29 is 4.79 Å². The number of amides is 2. The normalized spacial score (nSPS) is 9.47. The van der Waals surface area contributed by atoms with E-state index in [2.05, 4.69) is 10.3 Å². The number of carbonyl (C=O) groups is 1. The molecule has 90 valence electrons. The van der Waals surface area contributed by atoms with Crippen LogP contribution < -0.4 is 5.32 Å². The van der Waals surface area contributed by atoms with Crippen LogP contribution in [0.15, 0.2) is 18.3 Å². The molecule has 0 saturated carbocycles. The molecule has 1 aromatic heterocycles. The van der Waals surface area contributed by atoms with Crippen LogP contribution in [0.3, 0.4) is 0 Å². The number of nitriles is 1. The number of hydrogen-bond acceptors (Lipinski definition) is 3. The first kappa shape index (κ1) is 13.0. The summed E-state index contributed by atoms with van der Waals surface area (Å²) in [5.74, 6) is 0. The van der Waals surface area contributed by atoms with Gasteiger partial charge in [-0.3, -0.25) is 4.98 Å². The number of nitrogens with zero attached hydrogens (tertiary/aromatic N) is 3. The molecule has 1 aromatic rings. The van der Waals surface area contributed by atoms with Crippen molar-refractivity contribution in [1.29, 1.82) is 5.26 Å². The molecule has 5 heteroatoms. The van der Waals surface area contributed by atoms with Gasteiger partial charge in [0, 0.05) is 18.8 Å². The molecule has 0 fully saturated rings. The number of aromatic nitrogens is 1. The van der Waals surface area contributed by atoms with Gasteiger partial charge in [0.2, 0.25) is 0 Å². The maximum atomic E-state index is 11.8. The fourth-order valence-corrected chi connectivity index (χ4v) is 1.33. The zero-order chi connectivity index (χ0) is 12.7. The largest absolute Gasteiger partial charge is 0.324 e. The van der Waals surface area contributed by atoms with Crippen molar-refractivity contribution in [3.8, 4) is 6.07 Å². The second kappa shape index (κ2) is 6.48. The van der Waals surface area contributed by atoms with Gasteiger partial charge < -0.3 is 10.2 Å². The second-order valence-corrected chi connectivity index (χ2v) is 3.61. The van der Waals surface area contributed by atoms with Gasteiger partial charge >= 0.3 is 6.03 Å². The molecule has 1 rings (SSSR count). The van der Waals surface area contributed by atoms with Crippen LogP contribution in [-0.2, 0) is 0 Å². The van der Waals surface area contributed by atoms with Crippen LogP contribution in [0.1, 0.15) is 19.0 Å². The molecule has 0 aliphatic carbocycles. The minimum absolute atomic E-state index is 0.201. The molecule has 0 aliphatic heterocycles. The fourth-order valence-electron chi connectivity index (χ4n) is 1.33. The molecule has 17 heavy (non-hydrogen) atoms. The highest BCUT2D eigenvalue weighted by molar-refractivity contribution is 5.89. The SMILES string of the molecule is CCN(CCC#N)C(=O)Nc1ccc(C)nc1. The molecule has 0 spiro atoms. The van der Waals surface area contributed by atoms with Crippen molar-refractivity contribution in [2.75, 3.05) is 18.4 Å². The highest BCUT2D eigenvalue weighted by atomic mass is 16.2. The molecule has 0 aliphatic rings. The molecule has 1 N–H and O–H groups in total. The van der Waals surface area contributed by atoms with E-state index in [4.69, 9.17) is 5.26 Å². The average Bonchev–Trinajstić information content (AvgIpc) is 2.33. The number of carbonyl (C=O) groups excluding carboxylic acids is 1. The van der Waals surface area contributed by atoms with Gasteiger partial charge in [-0.15, -0.1) is 0 Å². The Morgan fingerprint density at radius 2 is 2.35 bits per heavy atom. The van der Waals surface area contributed by atoms with Crippen LogP contribution in [0.5, 0.6) is 0 Å². The minimum Gasteiger partial charge on any atom is -0.324 e. The number of nitrogens with one attached hydrogen (secondary N) is 1. The first-order valence-electron chi connectivity index (χ1n) is 5.53. The zero-order valence-corrected chi connectivity index (χ0v) is 10.1. The topological polar surface area (TPSA) is 69.0 Å². The summed E-state index contributed by atoms with van der Waals surface area (Å²) < 4.78 is 0. The Hall–Kier alpha value is -2.09. The van der Waals surface area contributed by atoms with Crippen molar-refractivity contribution in [3.05, 3.63) is 24.0 Å². The number of anilines is 1. The van der Waals surface area contributed by atoms with Crippen molar-refractivity contribution in [2.24, 2.45) is 0 Å². The molecule has 0 radical (unpaired) electrons. The van der Waals surface area contributed by atoms with Crippen molar-refractivity contribution in [2.45, 2.75) is 20.3 Å². The maximum Gasteiger partial charge on any atom is 0.321 e. The summed E-state index contributed by atoms with van der Waals surface area (Å²) in [5.41, 5.74) is 1.57. The summed E-state index contributed by atoms with van der Waals surface area (Å²) in [5, 5.41) is 11.2. The Labute approximate surface area is 101 Å². The summed E-state index contributed by atoms with van der Waals surface area (Å²) in [6, 6.07) is 5.46. The summed E-state index contributed by atoms with van der Waals surface area (Å²) >= 11 is 0. The lowest BCUT2D eigenvalue weighted by atomic mass is 10.3. The van der Waals surface area contributed by atoms with Crippen molar-refractivity contribution >= 4 is 11.7 Å². The van der Waals surface area contributed by atoms with Gasteiger partial charge in [-0.05, 0) is 26.0 Å². The van der Waals surface area contributed by atoms with E-state index >= 15 is 0 Å². The first-order chi connectivity index (χ1) is 8.17. The van der Waals surface area contributed by atoms with Crippen molar-refractivity contribution in [1.82, 2.24) is 9.88 Å². The van der Waals surface area contributed by atoms with Crippen LogP contribution in [0, 0.1) is 18.3 Å². The summed E-state index contributed by atoms with van der Waals surface area (Å²) in [7, 11) is 0. The van der Waals surface area contributed by atoms with E-state index in [1.54, 1.807) is 17.2 Å². The zero-order valence-electron chi connectivity index (χ0n) is 10.1. The maximum absolute atomic E-state index is 11.8. The van der Waals surface area contributed by atoms with E-state index in [-0.39, 0.29) is 6.03 Å². The highest BCUT2D eigenvalue weighted by Crippen LogP contribution is 2.07. The molecule has 1 heterocycles. The third kappa shape index (κ3) is 4.11. The smallest absolute Gasteiger partial charge is 0.321 e. The van der Waals surface area contributed by atoms with Crippen LogP contribution in [0.25, 0.3) is 0 Å². The average molecular weight is 232 g/mol.